The molecule has 45 heavy (non-hydrogen) atoms. The van der Waals surface area contributed by atoms with Crippen LogP contribution in [0.4, 0.5) is 16.6 Å². The third kappa shape index (κ3) is 9.29. The highest BCUT2D eigenvalue weighted by atomic mass is 16.5. The van der Waals surface area contributed by atoms with Crippen LogP contribution in [0, 0.1) is 0 Å². The van der Waals surface area contributed by atoms with E-state index in [1.54, 1.807) is 24.3 Å². The summed E-state index contributed by atoms with van der Waals surface area (Å²) in [5, 5.41) is 28.4. The largest absolute Gasteiger partial charge is 0.480 e. The van der Waals surface area contributed by atoms with Crippen molar-refractivity contribution in [3.8, 4) is 6.01 Å². The molecule has 2 heterocycles. The van der Waals surface area contributed by atoms with Crippen LogP contribution in [0.1, 0.15) is 60.5 Å². The minimum atomic E-state index is -1.15. The Kier molecular flexibility index (Phi) is 11.5. The summed E-state index contributed by atoms with van der Waals surface area (Å²) in [7, 11) is 0. The number of imidazole rings is 1. The summed E-state index contributed by atoms with van der Waals surface area (Å²) < 4.78 is 6.64. The molecule has 4 aromatic rings. The van der Waals surface area contributed by atoms with E-state index in [9.17, 15) is 24.6 Å². The first kappa shape index (κ1) is 32.5. The smallest absolute Gasteiger partial charge is 0.407 e. The first-order valence-corrected chi connectivity index (χ1v) is 14.8. The number of hydrogen-bond donors (Lipinski definition) is 6. The molecule has 2 aromatic heterocycles. The van der Waals surface area contributed by atoms with E-state index in [2.05, 4.69) is 37.8 Å². The molecule has 0 fully saturated rings. The molecule has 4 rings (SSSR count). The van der Waals surface area contributed by atoms with E-state index >= 15 is 0 Å². The van der Waals surface area contributed by atoms with Gasteiger partial charge in [0, 0.05) is 18.7 Å². The van der Waals surface area contributed by atoms with Gasteiger partial charge in [-0.15, -0.1) is 0 Å². The maximum absolute atomic E-state index is 12.8. The van der Waals surface area contributed by atoms with Gasteiger partial charge in [0.25, 0.3) is 11.9 Å². The normalized spacial score (nSPS) is 11.6. The number of benzene rings is 2. The van der Waals surface area contributed by atoms with Gasteiger partial charge in [-0.1, -0.05) is 55.8 Å². The number of rotatable bonds is 16. The number of amides is 2. The van der Waals surface area contributed by atoms with E-state index in [4.69, 9.17) is 10.5 Å². The van der Waals surface area contributed by atoms with Crippen molar-refractivity contribution >= 4 is 40.9 Å². The van der Waals surface area contributed by atoms with Crippen molar-refractivity contribution in [1.29, 1.82) is 0 Å². The molecule has 238 valence electrons. The van der Waals surface area contributed by atoms with Gasteiger partial charge in [-0.2, -0.15) is 15.0 Å². The summed E-state index contributed by atoms with van der Waals surface area (Å²) in [6, 6.07) is 14.5. The van der Waals surface area contributed by atoms with Crippen LogP contribution in [0.3, 0.4) is 0 Å². The molecule has 0 aliphatic heterocycles. The molecule has 0 saturated heterocycles. The number of ether oxygens (including phenoxy) is 1. The van der Waals surface area contributed by atoms with Crippen molar-refractivity contribution in [3.05, 3.63) is 71.3 Å². The number of carboxylic acids is 1. The molecule has 0 saturated carbocycles. The molecule has 0 unspecified atom stereocenters. The lowest BCUT2D eigenvalue weighted by atomic mass is 10.1. The maximum Gasteiger partial charge on any atom is 0.407 e. The lowest BCUT2D eigenvalue weighted by molar-refractivity contribution is -0.139. The fourth-order valence-electron chi connectivity index (χ4n) is 4.49. The minimum absolute atomic E-state index is 0.144. The lowest BCUT2D eigenvalue weighted by Crippen LogP contribution is -2.40. The summed E-state index contributed by atoms with van der Waals surface area (Å²) in [6.45, 7) is 3.42. The number of carbonyl (C=O) groups excluding carboxylic acids is 2. The molecule has 2 amide bonds. The van der Waals surface area contributed by atoms with Crippen molar-refractivity contribution in [2.45, 2.75) is 58.2 Å². The average Bonchev–Trinajstić information content (AvgIpc) is 3.35. The van der Waals surface area contributed by atoms with Gasteiger partial charge in [-0.3, -0.25) is 9.36 Å². The predicted octanol–water partition coefficient (Wildman–Crippen LogP) is 3.65. The van der Waals surface area contributed by atoms with Gasteiger partial charge < -0.3 is 36.6 Å². The number of anilines is 2. The second-order valence-electron chi connectivity index (χ2n) is 10.4. The summed E-state index contributed by atoms with van der Waals surface area (Å²) >= 11 is 0. The Balaban J connectivity index is 1.27. The van der Waals surface area contributed by atoms with Crippen LogP contribution in [0.2, 0.25) is 0 Å². The Hall–Kier alpha value is -5.40. The number of nitrogens with zero attached hydrogens (tertiary/aromatic N) is 4. The number of aliphatic carboxylic acids is 1. The molecule has 0 spiro atoms. The molecule has 2 aromatic carbocycles. The van der Waals surface area contributed by atoms with Crippen LogP contribution >= 0.6 is 0 Å². The molecule has 0 bridgehead atoms. The molecular formula is C31H38N8O6. The Labute approximate surface area is 260 Å². The molecule has 7 N–H and O–H groups in total. The molecule has 14 nitrogen and oxygen atoms in total. The van der Waals surface area contributed by atoms with Crippen molar-refractivity contribution < 1.29 is 29.3 Å². The van der Waals surface area contributed by atoms with Gasteiger partial charge in [-0.05, 0) is 48.9 Å². The molecular weight excluding hydrogens is 580 g/mol. The molecule has 14 heteroatoms. The third-order valence-corrected chi connectivity index (χ3v) is 6.98. The molecule has 0 aliphatic carbocycles. The van der Waals surface area contributed by atoms with Crippen LogP contribution in [0.15, 0.2) is 54.6 Å². The van der Waals surface area contributed by atoms with E-state index in [-0.39, 0.29) is 42.5 Å². The highest BCUT2D eigenvalue weighted by Gasteiger charge is 2.21. The van der Waals surface area contributed by atoms with Gasteiger partial charge in [0.15, 0.2) is 17.0 Å². The second kappa shape index (κ2) is 15.9. The van der Waals surface area contributed by atoms with E-state index < -0.39 is 24.0 Å². The number of fused-ring (bicyclic) bond motifs is 1. The Bertz CT molecular complexity index is 1590. The number of nitrogen functional groups attached to an aromatic ring is 1. The lowest BCUT2D eigenvalue weighted by Gasteiger charge is -2.15. The van der Waals surface area contributed by atoms with Gasteiger partial charge in [0.1, 0.15) is 12.6 Å². The first-order chi connectivity index (χ1) is 21.7. The highest BCUT2D eigenvalue weighted by molar-refractivity contribution is 5.96. The zero-order valence-electron chi connectivity index (χ0n) is 25.0. The van der Waals surface area contributed by atoms with Crippen LogP contribution < -0.4 is 21.7 Å². The van der Waals surface area contributed by atoms with Crippen LogP contribution in [0.5, 0.6) is 6.01 Å². The number of unbranched alkanes of at least 4 members (excludes halogenated alkanes) is 2. The fraction of sp³-hybridized carbons (Fsp3) is 0.355. The van der Waals surface area contributed by atoms with E-state index in [0.29, 0.717) is 37.5 Å². The number of carbonyl (C=O) groups is 3. The highest BCUT2D eigenvalue weighted by Crippen LogP contribution is 2.25. The first-order valence-electron chi connectivity index (χ1n) is 14.8. The number of nitrogens with two attached hydrogens (primary N) is 1. The summed E-state index contributed by atoms with van der Waals surface area (Å²) in [4.78, 5) is 49.3. The van der Waals surface area contributed by atoms with Crippen molar-refractivity contribution in [3.63, 3.8) is 0 Å². The van der Waals surface area contributed by atoms with E-state index in [1.807, 2.05) is 30.3 Å². The minimum Gasteiger partial charge on any atom is -0.480 e. The Morgan fingerprint density at radius 2 is 1.71 bits per heavy atom. The van der Waals surface area contributed by atoms with Crippen LogP contribution in [-0.4, -0.2) is 66.8 Å². The standard InChI is InChI=1S/C31H38N8O6/c1-2-3-16-33-29-37-25(32)24-26(38-29)39(30(43)36-24)18-20-12-14-22(15-13-20)27(40)35-23(28(41)42)11-7-8-17-34-31(44)45-19-21-9-5-4-6-10-21/h4-6,9-10,12-15,23H,2-3,7-8,11,16-19H2,1H3,(H,34,44)(H,35,40)(H,36,43)(H,41,42)(H3,32,33,37,38)/t23-/m0/s1. The molecule has 0 aliphatic rings. The monoisotopic (exact) mass is 618 g/mol. The van der Waals surface area contributed by atoms with Gasteiger partial charge in [-0.25, -0.2) is 9.59 Å². The summed E-state index contributed by atoms with van der Waals surface area (Å²) in [5.74, 6) is -1.20. The zero-order chi connectivity index (χ0) is 32.2. The summed E-state index contributed by atoms with van der Waals surface area (Å²) in [5.41, 5.74) is 8.59. The van der Waals surface area contributed by atoms with Crippen molar-refractivity contribution in [1.82, 2.24) is 30.2 Å². The maximum atomic E-state index is 12.8. The van der Waals surface area contributed by atoms with E-state index in [0.717, 1.165) is 24.0 Å². The second-order valence-corrected chi connectivity index (χ2v) is 10.4. The number of hydrogen-bond acceptors (Lipinski definition) is 10. The Morgan fingerprint density at radius 1 is 0.956 bits per heavy atom. The third-order valence-electron chi connectivity index (χ3n) is 6.98. The van der Waals surface area contributed by atoms with E-state index in [1.165, 1.54) is 4.57 Å². The number of nitrogens with one attached hydrogen (secondary N) is 3. The number of aromatic nitrogens is 4. The topological polar surface area (TPSA) is 207 Å². The van der Waals surface area contributed by atoms with Crippen LogP contribution in [0.25, 0.3) is 11.2 Å². The number of alkyl carbamates (subject to hydrolysis) is 1. The van der Waals surface area contributed by atoms with Gasteiger partial charge in [0.2, 0.25) is 5.95 Å². The molecule has 0 radical (unpaired) electrons. The van der Waals surface area contributed by atoms with Gasteiger partial charge >= 0.3 is 12.1 Å². The van der Waals surface area contributed by atoms with Crippen molar-refractivity contribution in [2.24, 2.45) is 0 Å². The predicted molar refractivity (Wildman–Crippen MR) is 168 cm³/mol. The van der Waals surface area contributed by atoms with Crippen molar-refractivity contribution in [2.75, 3.05) is 24.1 Å². The zero-order valence-corrected chi connectivity index (χ0v) is 25.0. The number of carboxylic acid groups (broad SMARTS) is 1. The van der Waals surface area contributed by atoms with Crippen LogP contribution in [-0.2, 0) is 22.7 Å². The quantitative estimate of drug-likeness (QED) is 0.0999. The van der Waals surface area contributed by atoms with Gasteiger partial charge in [0.05, 0.1) is 6.54 Å². The SMILES string of the molecule is CCCCNc1nc(N)c2nc(O)n(Cc3ccc(C(=O)N[C@@H](CCCCNC(=O)OCc4ccccc4)C(=O)O)cc3)c2n1. The summed E-state index contributed by atoms with van der Waals surface area (Å²) in [6.07, 6.45) is 2.54. The average molecular weight is 619 g/mol. The number of aromatic hydroxyl groups is 1. The molecule has 1 atom stereocenters. The Morgan fingerprint density at radius 3 is 2.42 bits per heavy atom. The fourth-order valence-corrected chi connectivity index (χ4v) is 4.49.